The fourth-order valence-corrected chi connectivity index (χ4v) is 1.64. The molecule has 5 nitrogen and oxygen atoms in total. The maximum absolute atomic E-state index is 11.8. The molecular formula is C13H22N2O3. The van der Waals surface area contributed by atoms with Gasteiger partial charge in [0.25, 0.3) is 0 Å². The Morgan fingerprint density at radius 3 is 2.39 bits per heavy atom. The highest BCUT2D eigenvalue weighted by Gasteiger charge is 2.26. The lowest BCUT2D eigenvalue weighted by atomic mass is 10.0. The molecule has 0 radical (unpaired) electrons. The van der Waals surface area contributed by atoms with Crippen molar-refractivity contribution in [1.82, 2.24) is 5.32 Å². The van der Waals surface area contributed by atoms with Crippen molar-refractivity contribution in [3.63, 3.8) is 0 Å². The fourth-order valence-electron chi connectivity index (χ4n) is 1.64. The van der Waals surface area contributed by atoms with Crippen LogP contribution < -0.4 is 5.32 Å². The minimum absolute atomic E-state index is 0.251. The van der Waals surface area contributed by atoms with Gasteiger partial charge in [0, 0.05) is 0 Å². The lowest BCUT2D eigenvalue weighted by Crippen LogP contribution is -2.44. The van der Waals surface area contributed by atoms with E-state index in [0.717, 1.165) is 6.42 Å². The third-order valence-electron chi connectivity index (χ3n) is 2.56. The van der Waals surface area contributed by atoms with E-state index in [1.807, 2.05) is 26.8 Å². The number of carbonyl (C=O) groups is 2. The number of ether oxygens (including phenoxy) is 1. The summed E-state index contributed by atoms with van der Waals surface area (Å²) in [6, 6.07) is 1.28. The van der Waals surface area contributed by atoms with E-state index < -0.39 is 23.8 Å². The molecule has 102 valence electrons. The van der Waals surface area contributed by atoms with Gasteiger partial charge in [-0.1, -0.05) is 27.2 Å². The zero-order chi connectivity index (χ0) is 14.1. The molecule has 1 amide bonds. The van der Waals surface area contributed by atoms with Crippen molar-refractivity contribution >= 4 is 11.9 Å². The molecular weight excluding hydrogens is 232 g/mol. The number of esters is 1. The maximum Gasteiger partial charge on any atom is 0.328 e. The zero-order valence-electron chi connectivity index (χ0n) is 11.5. The van der Waals surface area contributed by atoms with Crippen molar-refractivity contribution in [2.45, 2.75) is 46.1 Å². The normalized spacial score (nSPS) is 13.6. The molecule has 2 atom stereocenters. The third-order valence-corrected chi connectivity index (χ3v) is 2.56. The highest BCUT2D eigenvalue weighted by atomic mass is 16.5. The highest BCUT2D eigenvalue weighted by molar-refractivity contribution is 5.86. The number of nitrogens with one attached hydrogen (secondary N) is 1. The van der Waals surface area contributed by atoms with Crippen LogP contribution in [0.25, 0.3) is 0 Å². The lowest BCUT2D eigenvalue weighted by molar-refractivity contribution is -0.145. The Bertz CT molecular complexity index is 321. The minimum atomic E-state index is -0.700. The first kappa shape index (κ1) is 16.4. The van der Waals surface area contributed by atoms with Gasteiger partial charge in [-0.15, -0.1) is 0 Å². The van der Waals surface area contributed by atoms with Crippen LogP contribution in [-0.4, -0.2) is 25.0 Å². The second kappa shape index (κ2) is 8.51. The van der Waals surface area contributed by atoms with Gasteiger partial charge in [-0.25, -0.2) is 4.79 Å². The van der Waals surface area contributed by atoms with Gasteiger partial charge in [-0.2, -0.15) is 5.26 Å². The minimum Gasteiger partial charge on any atom is -0.467 e. The van der Waals surface area contributed by atoms with Crippen molar-refractivity contribution in [2.75, 3.05) is 7.11 Å². The van der Waals surface area contributed by atoms with Gasteiger partial charge in [-0.05, 0) is 18.8 Å². The number of hydrogen-bond acceptors (Lipinski definition) is 4. The molecule has 0 rings (SSSR count). The average molecular weight is 254 g/mol. The van der Waals surface area contributed by atoms with Gasteiger partial charge in [0.15, 0.2) is 0 Å². The molecule has 0 saturated carbocycles. The largest absolute Gasteiger partial charge is 0.467 e. The van der Waals surface area contributed by atoms with E-state index in [0.29, 0.717) is 12.8 Å². The third kappa shape index (κ3) is 5.67. The summed E-state index contributed by atoms with van der Waals surface area (Å²) in [7, 11) is 1.29. The monoisotopic (exact) mass is 254 g/mol. The summed E-state index contributed by atoms with van der Waals surface area (Å²) in [6.07, 6.45) is 1.75. The Labute approximate surface area is 108 Å². The van der Waals surface area contributed by atoms with Crippen molar-refractivity contribution < 1.29 is 14.3 Å². The second-order valence-electron chi connectivity index (χ2n) is 4.68. The molecule has 0 aliphatic heterocycles. The van der Waals surface area contributed by atoms with Crippen LogP contribution in [0.4, 0.5) is 0 Å². The van der Waals surface area contributed by atoms with E-state index in [4.69, 9.17) is 5.26 Å². The molecule has 2 unspecified atom stereocenters. The summed E-state index contributed by atoms with van der Waals surface area (Å²) in [6.45, 7) is 5.81. The first-order valence-corrected chi connectivity index (χ1v) is 6.24. The van der Waals surface area contributed by atoms with Crippen LogP contribution in [-0.2, 0) is 14.3 Å². The molecule has 0 fully saturated rings. The van der Waals surface area contributed by atoms with Gasteiger partial charge in [0.2, 0.25) is 5.91 Å². The van der Waals surface area contributed by atoms with E-state index in [1.54, 1.807) is 0 Å². The SMILES string of the molecule is CCCC(C#N)C(=O)NC(CC(C)C)C(=O)OC. The van der Waals surface area contributed by atoms with Gasteiger partial charge in [-0.3, -0.25) is 4.79 Å². The molecule has 1 N–H and O–H groups in total. The Hall–Kier alpha value is -1.57. The van der Waals surface area contributed by atoms with Crippen LogP contribution in [0, 0.1) is 23.2 Å². The molecule has 0 heterocycles. The number of amides is 1. The first-order valence-electron chi connectivity index (χ1n) is 6.24. The number of carbonyl (C=O) groups excluding carboxylic acids is 2. The predicted octanol–water partition coefficient (Wildman–Crippen LogP) is 1.63. The second-order valence-corrected chi connectivity index (χ2v) is 4.68. The topological polar surface area (TPSA) is 79.2 Å². The quantitative estimate of drug-likeness (QED) is 0.700. The lowest BCUT2D eigenvalue weighted by Gasteiger charge is -2.19. The predicted molar refractivity (Wildman–Crippen MR) is 67.4 cm³/mol. The molecule has 0 spiro atoms. The summed E-state index contributed by atoms with van der Waals surface area (Å²) < 4.78 is 4.65. The molecule has 0 aliphatic carbocycles. The van der Waals surface area contributed by atoms with Crippen molar-refractivity contribution in [3.05, 3.63) is 0 Å². The van der Waals surface area contributed by atoms with Crippen LogP contribution in [0.15, 0.2) is 0 Å². The standard InChI is InChI=1S/C13H22N2O3/c1-5-6-10(8-14)12(16)15-11(7-9(2)3)13(17)18-4/h9-11H,5-7H2,1-4H3,(H,15,16). The van der Waals surface area contributed by atoms with E-state index >= 15 is 0 Å². The molecule has 0 aromatic heterocycles. The number of hydrogen-bond donors (Lipinski definition) is 1. The Morgan fingerprint density at radius 2 is 2.00 bits per heavy atom. The fraction of sp³-hybridized carbons (Fsp3) is 0.769. The van der Waals surface area contributed by atoms with Crippen molar-refractivity contribution in [1.29, 1.82) is 5.26 Å². The summed E-state index contributed by atoms with van der Waals surface area (Å²) >= 11 is 0. The van der Waals surface area contributed by atoms with Gasteiger partial charge in [0.1, 0.15) is 12.0 Å². The van der Waals surface area contributed by atoms with E-state index in [1.165, 1.54) is 7.11 Å². The van der Waals surface area contributed by atoms with Crippen LogP contribution >= 0.6 is 0 Å². The van der Waals surface area contributed by atoms with E-state index in [9.17, 15) is 9.59 Å². The van der Waals surface area contributed by atoms with Crippen molar-refractivity contribution in [2.24, 2.45) is 11.8 Å². The molecule has 0 aliphatic rings. The summed E-state index contributed by atoms with van der Waals surface area (Å²) in [4.78, 5) is 23.4. The maximum atomic E-state index is 11.8. The molecule has 0 bridgehead atoms. The Balaban J connectivity index is 4.61. The van der Waals surface area contributed by atoms with Gasteiger partial charge < -0.3 is 10.1 Å². The van der Waals surface area contributed by atoms with E-state index in [-0.39, 0.29) is 5.92 Å². The summed E-state index contributed by atoms with van der Waals surface area (Å²) in [5, 5.41) is 11.5. The molecule has 0 aromatic rings. The van der Waals surface area contributed by atoms with E-state index in [2.05, 4.69) is 10.1 Å². The van der Waals surface area contributed by atoms with Gasteiger partial charge in [0.05, 0.1) is 13.2 Å². The summed E-state index contributed by atoms with van der Waals surface area (Å²) in [5.41, 5.74) is 0. The smallest absolute Gasteiger partial charge is 0.328 e. The molecule has 18 heavy (non-hydrogen) atoms. The van der Waals surface area contributed by atoms with Gasteiger partial charge >= 0.3 is 5.97 Å². The van der Waals surface area contributed by atoms with Crippen LogP contribution in [0.3, 0.4) is 0 Å². The Kier molecular flexibility index (Phi) is 7.77. The zero-order valence-corrected chi connectivity index (χ0v) is 11.5. The Morgan fingerprint density at radius 1 is 1.39 bits per heavy atom. The number of methoxy groups -OCH3 is 1. The van der Waals surface area contributed by atoms with Crippen LogP contribution in [0.2, 0.25) is 0 Å². The first-order chi connectivity index (χ1) is 8.46. The highest BCUT2D eigenvalue weighted by Crippen LogP contribution is 2.10. The molecule has 5 heteroatoms. The number of rotatable bonds is 7. The van der Waals surface area contributed by atoms with Crippen molar-refractivity contribution in [3.8, 4) is 6.07 Å². The van der Waals surface area contributed by atoms with Crippen LogP contribution in [0.5, 0.6) is 0 Å². The molecule has 0 aromatic carbocycles. The van der Waals surface area contributed by atoms with Crippen LogP contribution in [0.1, 0.15) is 40.0 Å². The average Bonchev–Trinajstić information content (AvgIpc) is 2.33. The molecule has 0 saturated heterocycles. The number of nitrogens with zero attached hydrogens (tertiary/aromatic N) is 1. The summed E-state index contributed by atoms with van der Waals surface area (Å²) in [5.74, 6) is -1.31. The number of nitriles is 1.